The van der Waals surface area contributed by atoms with Crippen molar-refractivity contribution in [1.29, 1.82) is 0 Å². The molecule has 1 aliphatic carbocycles. The van der Waals surface area contributed by atoms with Crippen LogP contribution >= 0.6 is 0 Å². The summed E-state index contributed by atoms with van der Waals surface area (Å²) in [5, 5.41) is 7.37. The average Bonchev–Trinajstić information content (AvgIpc) is 3.54. The van der Waals surface area contributed by atoms with Crippen LogP contribution in [-0.2, 0) is 45.8 Å². The molecule has 0 aliphatic heterocycles. The van der Waals surface area contributed by atoms with Crippen LogP contribution in [-0.4, -0.2) is 37.7 Å². The molecule has 324 valence electrons. The second-order valence-electron chi connectivity index (χ2n) is 18.6. The number of esters is 3. The maximum Gasteiger partial charge on any atom is 0.333 e. The van der Waals surface area contributed by atoms with Crippen molar-refractivity contribution in [2.24, 2.45) is 0 Å². The van der Waals surface area contributed by atoms with Crippen molar-refractivity contribution in [3.05, 3.63) is 168 Å². The first-order valence-electron chi connectivity index (χ1n) is 22.1. The van der Waals surface area contributed by atoms with Crippen molar-refractivity contribution < 1.29 is 28.6 Å². The van der Waals surface area contributed by atoms with E-state index in [1.807, 2.05) is 0 Å². The molecular weight excluding hydrogens is 793 g/mol. The normalized spacial score (nSPS) is 14.3. The van der Waals surface area contributed by atoms with Gasteiger partial charge in [-0.05, 0) is 152 Å². The molecule has 0 heterocycles. The lowest BCUT2D eigenvalue weighted by molar-refractivity contribution is -0.141. The Kier molecular flexibility index (Phi) is 11.9. The maximum atomic E-state index is 13.3. The third-order valence-corrected chi connectivity index (χ3v) is 12.7. The quantitative estimate of drug-likeness (QED) is 0.0336. The fraction of sp³-hybridized carbons (Fsp3) is 0.259. The molecular formula is C58H56O6. The van der Waals surface area contributed by atoms with Gasteiger partial charge in [0.05, 0.1) is 18.6 Å². The van der Waals surface area contributed by atoms with Gasteiger partial charge in [0.1, 0.15) is 6.61 Å². The summed E-state index contributed by atoms with van der Waals surface area (Å²) in [5.41, 5.74) is 11.3. The predicted octanol–water partition coefficient (Wildman–Crippen LogP) is 13.6. The van der Waals surface area contributed by atoms with E-state index in [9.17, 15) is 14.4 Å². The van der Waals surface area contributed by atoms with Crippen molar-refractivity contribution in [2.45, 2.75) is 78.1 Å². The van der Waals surface area contributed by atoms with E-state index >= 15 is 0 Å². The highest BCUT2D eigenvalue weighted by atomic mass is 16.5. The number of ether oxygens (including phenoxy) is 3. The first kappa shape index (κ1) is 43.8. The Morgan fingerprint density at radius 2 is 1.03 bits per heavy atom. The van der Waals surface area contributed by atoms with Gasteiger partial charge in [0.2, 0.25) is 0 Å². The van der Waals surface area contributed by atoms with Gasteiger partial charge in [-0.15, -0.1) is 0 Å². The second-order valence-corrected chi connectivity index (χ2v) is 18.6. The maximum absolute atomic E-state index is 13.3. The molecule has 0 aromatic heterocycles. The number of carbonyl (C=O) groups excluding carboxylic acids is 3. The molecule has 0 saturated carbocycles. The van der Waals surface area contributed by atoms with Crippen LogP contribution in [0.25, 0.3) is 65.7 Å². The average molecular weight is 849 g/mol. The van der Waals surface area contributed by atoms with Crippen molar-refractivity contribution in [2.75, 3.05) is 19.8 Å². The fourth-order valence-electron chi connectivity index (χ4n) is 9.25. The van der Waals surface area contributed by atoms with Gasteiger partial charge in [-0.25, -0.2) is 14.4 Å². The highest BCUT2D eigenvalue weighted by Gasteiger charge is 2.45. The summed E-state index contributed by atoms with van der Waals surface area (Å²) in [4.78, 5) is 37.6. The zero-order valence-corrected chi connectivity index (χ0v) is 37.9. The standard InChI is InChI=1S/C58H56O6/c1-35(2)54(59)62-28-10-12-38-13-15-39(16-14-38)41-20-24-47-48-25-21-42(33-51(48)58(50(47)32-41,34-64-56(61)37(5)6)27-11-29-63-55(60)36(3)4)46-23-19-40-17-18-43-30-45(57(7,8)9)31-44-22-26-49(46)53(40)52(43)44/h13-26,30-33H,1,3,5,10-12,27-29,34H2,2,4,6-9H3. The summed E-state index contributed by atoms with van der Waals surface area (Å²) in [7, 11) is 0. The van der Waals surface area contributed by atoms with E-state index < -0.39 is 17.4 Å². The Hall–Kier alpha value is -6.79. The minimum absolute atomic E-state index is 0.0193. The predicted molar refractivity (Wildman–Crippen MR) is 261 cm³/mol. The molecule has 1 aliphatic rings. The SMILES string of the molecule is C=C(C)C(=O)OCCCc1ccc(-c2ccc3c(c2)C(CCCOC(=O)C(=C)C)(COC(=O)C(=C)C)c2cc(-c4ccc5ccc6cc(C(C)(C)C)cc7ccc4c5c67)ccc2-3)cc1. The van der Waals surface area contributed by atoms with Crippen LogP contribution in [0.15, 0.2) is 146 Å². The summed E-state index contributed by atoms with van der Waals surface area (Å²) in [5.74, 6) is -1.26. The number of hydrogen-bond donors (Lipinski definition) is 0. The minimum atomic E-state index is -0.786. The van der Waals surface area contributed by atoms with Gasteiger partial charge in [0.15, 0.2) is 0 Å². The number of carbonyl (C=O) groups is 3. The third kappa shape index (κ3) is 8.37. The molecule has 0 spiro atoms. The first-order valence-corrected chi connectivity index (χ1v) is 22.1. The molecule has 7 aromatic carbocycles. The van der Waals surface area contributed by atoms with Crippen LogP contribution in [0.1, 0.15) is 83.1 Å². The van der Waals surface area contributed by atoms with Crippen LogP contribution in [0.3, 0.4) is 0 Å². The number of fused-ring (bicyclic) bond motifs is 3. The molecule has 0 amide bonds. The van der Waals surface area contributed by atoms with Gasteiger partial charge in [-0.3, -0.25) is 0 Å². The molecule has 7 aromatic rings. The topological polar surface area (TPSA) is 78.9 Å². The zero-order chi connectivity index (χ0) is 45.5. The molecule has 64 heavy (non-hydrogen) atoms. The molecule has 1 unspecified atom stereocenters. The van der Waals surface area contributed by atoms with E-state index in [2.05, 4.69) is 150 Å². The minimum Gasteiger partial charge on any atom is -0.462 e. The molecule has 6 heteroatoms. The fourth-order valence-corrected chi connectivity index (χ4v) is 9.25. The highest BCUT2D eigenvalue weighted by Crippen LogP contribution is 2.54. The van der Waals surface area contributed by atoms with Crippen LogP contribution < -0.4 is 0 Å². The monoisotopic (exact) mass is 848 g/mol. The Labute approximate surface area is 376 Å². The van der Waals surface area contributed by atoms with E-state index in [0.29, 0.717) is 42.6 Å². The van der Waals surface area contributed by atoms with Gasteiger partial charge in [-0.1, -0.05) is 138 Å². The molecule has 8 rings (SSSR count). The molecule has 0 saturated heterocycles. The lowest BCUT2D eigenvalue weighted by Gasteiger charge is -2.32. The van der Waals surface area contributed by atoms with E-state index in [1.165, 1.54) is 37.9 Å². The van der Waals surface area contributed by atoms with Crippen molar-refractivity contribution in [3.8, 4) is 33.4 Å². The van der Waals surface area contributed by atoms with Crippen LogP contribution in [0.4, 0.5) is 0 Å². The van der Waals surface area contributed by atoms with Gasteiger partial charge in [0.25, 0.3) is 0 Å². The summed E-state index contributed by atoms with van der Waals surface area (Å²) in [6.45, 7) is 23.6. The number of benzene rings is 7. The molecule has 0 radical (unpaired) electrons. The van der Waals surface area contributed by atoms with Gasteiger partial charge in [0, 0.05) is 16.7 Å². The third-order valence-electron chi connectivity index (χ3n) is 12.7. The molecule has 0 fully saturated rings. The highest BCUT2D eigenvalue weighted by molar-refractivity contribution is 6.25. The Morgan fingerprint density at radius 3 is 1.64 bits per heavy atom. The first-order chi connectivity index (χ1) is 30.6. The summed E-state index contributed by atoms with van der Waals surface area (Å²) in [6.07, 6.45) is 2.53. The van der Waals surface area contributed by atoms with Gasteiger partial charge >= 0.3 is 17.9 Å². The van der Waals surface area contributed by atoms with Gasteiger partial charge in [-0.2, -0.15) is 0 Å². The molecule has 0 bridgehead atoms. The van der Waals surface area contributed by atoms with E-state index in [1.54, 1.807) is 20.8 Å². The Balaban J connectivity index is 1.22. The van der Waals surface area contributed by atoms with Crippen LogP contribution in [0.5, 0.6) is 0 Å². The lowest BCUT2D eigenvalue weighted by Crippen LogP contribution is -2.33. The summed E-state index contributed by atoms with van der Waals surface area (Å²) >= 11 is 0. The van der Waals surface area contributed by atoms with E-state index in [-0.39, 0.29) is 24.6 Å². The van der Waals surface area contributed by atoms with Crippen molar-refractivity contribution >= 4 is 50.2 Å². The van der Waals surface area contributed by atoms with E-state index in [4.69, 9.17) is 14.2 Å². The number of rotatable bonds is 15. The van der Waals surface area contributed by atoms with Crippen molar-refractivity contribution in [1.82, 2.24) is 0 Å². The van der Waals surface area contributed by atoms with E-state index in [0.717, 1.165) is 56.5 Å². The van der Waals surface area contributed by atoms with Crippen molar-refractivity contribution in [3.63, 3.8) is 0 Å². The molecule has 6 nitrogen and oxygen atoms in total. The molecule has 0 N–H and O–H groups in total. The summed E-state index contributed by atoms with van der Waals surface area (Å²) < 4.78 is 17.1. The summed E-state index contributed by atoms with van der Waals surface area (Å²) in [6, 6.07) is 39.9. The number of hydrogen-bond acceptors (Lipinski definition) is 6. The Bertz CT molecular complexity index is 3000. The lowest BCUT2D eigenvalue weighted by atomic mass is 9.74. The molecule has 1 atom stereocenters. The number of aryl methyl sites for hydroxylation is 1. The second kappa shape index (κ2) is 17.4. The van der Waals surface area contributed by atoms with Crippen LogP contribution in [0.2, 0.25) is 0 Å². The van der Waals surface area contributed by atoms with Crippen LogP contribution in [0, 0.1) is 0 Å². The van der Waals surface area contributed by atoms with Gasteiger partial charge < -0.3 is 14.2 Å². The zero-order valence-electron chi connectivity index (χ0n) is 37.9. The Morgan fingerprint density at radius 1 is 0.531 bits per heavy atom. The smallest absolute Gasteiger partial charge is 0.333 e. The largest absolute Gasteiger partial charge is 0.462 e.